The molecule has 0 atom stereocenters. The molecule has 0 bridgehead atoms. The lowest BCUT2D eigenvalue weighted by Crippen LogP contribution is -1.95. The van der Waals surface area contributed by atoms with Crippen molar-refractivity contribution in [3.05, 3.63) is 55.4 Å². The second-order valence-electron chi connectivity index (χ2n) is 3.88. The fraction of sp³-hybridized carbons (Fsp3) is 0.200. The molecule has 3 nitrogen and oxygen atoms in total. The highest BCUT2D eigenvalue weighted by molar-refractivity contribution is 5.82. The highest BCUT2D eigenvalue weighted by atomic mass is 16.5. The van der Waals surface area contributed by atoms with Crippen molar-refractivity contribution in [3.63, 3.8) is 0 Å². The maximum absolute atomic E-state index is 5.25. The fourth-order valence-corrected chi connectivity index (χ4v) is 1.71. The number of rotatable bonds is 5. The number of benzene rings is 1. The van der Waals surface area contributed by atoms with Gasteiger partial charge in [0.05, 0.1) is 20.8 Å². The summed E-state index contributed by atoms with van der Waals surface area (Å²) in [5, 5.41) is 0. The first kappa shape index (κ1) is 12.9. The van der Waals surface area contributed by atoms with E-state index in [0.717, 1.165) is 23.0 Å². The van der Waals surface area contributed by atoms with Gasteiger partial charge < -0.3 is 9.47 Å². The van der Waals surface area contributed by atoms with Crippen LogP contribution in [0.4, 0.5) is 0 Å². The second-order valence-corrected chi connectivity index (χ2v) is 3.88. The van der Waals surface area contributed by atoms with E-state index in [0.29, 0.717) is 6.54 Å². The maximum atomic E-state index is 5.25. The van der Waals surface area contributed by atoms with Crippen LogP contribution in [0.3, 0.4) is 0 Å². The Morgan fingerprint density at radius 1 is 1.06 bits per heavy atom. The molecule has 0 amide bonds. The van der Waals surface area contributed by atoms with Crippen LogP contribution in [0.2, 0.25) is 0 Å². The molecule has 1 aromatic rings. The van der Waals surface area contributed by atoms with Gasteiger partial charge in [-0.15, -0.1) is 0 Å². The van der Waals surface area contributed by atoms with Crippen LogP contribution in [0, 0.1) is 31.6 Å². The predicted molar refractivity (Wildman–Crippen MR) is 72.2 cm³/mol. The summed E-state index contributed by atoms with van der Waals surface area (Å²) in [5.74, 6) is 2.59. The van der Waals surface area contributed by atoms with E-state index in [1.54, 1.807) is 14.2 Å². The number of nitrogens with zero attached hydrogens (tertiary/aromatic N) is 1. The number of ether oxygens (including phenoxy) is 2. The summed E-state index contributed by atoms with van der Waals surface area (Å²) in [6.45, 7) is 0.630. The van der Waals surface area contributed by atoms with E-state index in [1.807, 2.05) is 50.1 Å². The summed E-state index contributed by atoms with van der Waals surface area (Å²) in [7, 11) is 3.26. The molecular weight excluding hydrogens is 226 g/mol. The van der Waals surface area contributed by atoms with Gasteiger partial charge in [0, 0.05) is 12.1 Å². The SMILES string of the molecule is COc1ccc(CN=C[C]2[CH][CH][CH][CH]2)cc1OC. The molecule has 93 valence electrons. The van der Waals surface area contributed by atoms with Crippen LogP contribution in [0.15, 0.2) is 23.2 Å². The van der Waals surface area contributed by atoms with Gasteiger partial charge >= 0.3 is 0 Å². The van der Waals surface area contributed by atoms with Gasteiger partial charge in [0.15, 0.2) is 11.5 Å². The number of methoxy groups -OCH3 is 2. The van der Waals surface area contributed by atoms with Crippen LogP contribution >= 0.6 is 0 Å². The van der Waals surface area contributed by atoms with Gasteiger partial charge in [0.1, 0.15) is 0 Å². The van der Waals surface area contributed by atoms with Gasteiger partial charge in [-0.3, -0.25) is 4.99 Å². The van der Waals surface area contributed by atoms with E-state index in [2.05, 4.69) is 4.99 Å². The zero-order chi connectivity index (χ0) is 12.8. The first-order valence-electron chi connectivity index (χ1n) is 5.76. The van der Waals surface area contributed by atoms with Crippen molar-refractivity contribution in [1.82, 2.24) is 0 Å². The molecule has 0 unspecified atom stereocenters. The molecule has 0 heterocycles. The molecule has 5 radical (unpaired) electrons. The van der Waals surface area contributed by atoms with Crippen LogP contribution in [-0.2, 0) is 6.54 Å². The third-order valence-electron chi connectivity index (χ3n) is 2.65. The van der Waals surface area contributed by atoms with Gasteiger partial charge in [-0.05, 0) is 43.4 Å². The zero-order valence-electron chi connectivity index (χ0n) is 10.6. The molecule has 2 rings (SSSR count). The van der Waals surface area contributed by atoms with Crippen LogP contribution in [-0.4, -0.2) is 20.4 Å². The first-order chi connectivity index (χ1) is 8.83. The number of aliphatic imine (C=N–C) groups is 1. The predicted octanol–water partition coefficient (Wildman–Crippen LogP) is 2.68. The summed E-state index contributed by atoms with van der Waals surface area (Å²) in [5.41, 5.74) is 1.09. The van der Waals surface area contributed by atoms with Gasteiger partial charge in [-0.2, -0.15) is 0 Å². The molecule has 1 aliphatic rings. The quantitative estimate of drug-likeness (QED) is 0.743. The highest BCUT2D eigenvalue weighted by Crippen LogP contribution is 2.28. The topological polar surface area (TPSA) is 30.8 Å². The molecule has 1 aliphatic carbocycles. The number of hydrogen-bond donors (Lipinski definition) is 0. The van der Waals surface area contributed by atoms with E-state index in [-0.39, 0.29) is 0 Å². The molecule has 1 fully saturated rings. The Labute approximate surface area is 109 Å². The van der Waals surface area contributed by atoms with Crippen molar-refractivity contribution in [2.45, 2.75) is 6.54 Å². The van der Waals surface area contributed by atoms with Crippen molar-refractivity contribution in [3.8, 4) is 11.5 Å². The van der Waals surface area contributed by atoms with E-state index in [9.17, 15) is 0 Å². The molecular formula is C15H16NO2. The van der Waals surface area contributed by atoms with Crippen molar-refractivity contribution in [1.29, 1.82) is 0 Å². The lowest BCUT2D eigenvalue weighted by molar-refractivity contribution is 0.354. The molecule has 1 saturated carbocycles. The van der Waals surface area contributed by atoms with E-state index in [4.69, 9.17) is 9.47 Å². The van der Waals surface area contributed by atoms with Gasteiger partial charge in [0.2, 0.25) is 0 Å². The second kappa shape index (κ2) is 6.43. The average molecular weight is 242 g/mol. The Hall–Kier alpha value is -1.51. The lowest BCUT2D eigenvalue weighted by Gasteiger charge is -2.08. The summed E-state index contributed by atoms with van der Waals surface area (Å²) < 4.78 is 10.4. The molecule has 3 heteroatoms. The summed E-state index contributed by atoms with van der Waals surface area (Å²) >= 11 is 0. The molecule has 0 spiro atoms. The minimum Gasteiger partial charge on any atom is -0.493 e. The Balaban J connectivity index is 1.96. The van der Waals surface area contributed by atoms with Crippen LogP contribution in [0.25, 0.3) is 0 Å². The van der Waals surface area contributed by atoms with Crippen molar-refractivity contribution in [2.24, 2.45) is 4.99 Å². The minimum atomic E-state index is 0.630. The molecule has 0 saturated heterocycles. The molecule has 0 aliphatic heterocycles. The van der Waals surface area contributed by atoms with Gasteiger partial charge in [-0.1, -0.05) is 6.07 Å². The third kappa shape index (κ3) is 3.25. The smallest absolute Gasteiger partial charge is 0.161 e. The lowest BCUT2D eigenvalue weighted by atomic mass is 10.1. The van der Waals surface area contributed by atoms with E-state index >= 15 is 0 Å². The average Bonchev–Trinajstić information content (AvgIpc) is 2.91. The largest absolute Gasteiger partial charge is 0.493 e. The van der Waals surface area contributed by atoms with E-state index < -0.39 is 0 Å². The van der Waals surface area contributed by atoms with E-state index in [1.165, 1.54) is 0 Å². The number of hydrogen-bond acceptors (Lipinski definition) is 3. The fourth-order valence-electron chi connectivity index (χ4n) is 1.71. The Morgan fingerprint density at radius 2 is 1.78 bits per heavy atom. The Kier molecular flexibility index (Phi) is 4.62. The molecule has 0 N–H and O–H groups in total. The molecule has 18 heavy (non-hydrogen) atoms. The summed E-state index contributed by atoms with van der Waals surface area (Å²) in [6, 6.07) is 5.83. The maximum Gasteiger partial charge on any atom is 0.161 e. The normalized spacial score (nSPS) is 16.3. The highest BCUT2D eigenvalue weighted by Gasteiger charge is 2.13. The van der Waals surface area contributed by atoms with Crippen molar-refractivity contribution in [2.75, 3.05) is 14.2 Å². The van der Waals surface area contributed by atoms with Gasteiger partial charge in [-0.25, -0.2) is 0 Å². The minimum absolute atomic E-state index is 0.630. The zero-order valence-corrected chi connectivity index (χ0v) is 10.6. The van der Waals surface area contributed by atoms with Crippen molar-refractivity contribution < 1.29 is 9.47 Å². The van der Waals surface area contributed by atoms with Crippen LogP contribution < -0.4 is 9.47 Å². The third-order valence-corrected chi connectivity index (χ3v) is 2.65. The molecule has 0 aromatic heterocycles. The Morgan fingerprint density at radius 3 is 2.44 bits per heavy atom. The molecule has 1 aromatic carbocycles. The standard InChI is InChI=1S/C15H16NO2/c1-17-14-8-7-13(9-15(14)18-2)11-16-10-12-5-3-4-6-12/h3-10H,11H2,1-2H3. The van der Waals surface area contributed by atoms with Crippen LogP contribution in [0.1, 0.15) is 5.56 Å². The first-order valence-corrected chi connectivity index (χ1v) is 5.76. The summed E-state index contributed by atoms with van der Waals surface area (Å²) in [4.78, 5) is 4.39. The van der Waals surface area contributed by atoms with Crippen LogP contribution in [0.5, 0.6) is 11.5 Å². The summed E-state index contributed by atoms with van der Waals surface area (Å²) in [6.07, 6.45) is 9.92. The van der Waals surface area contributed by atoms with Crippen molar-refractivity contribution >= 4 is 6.21 Å². The van der Waals surface area contributed by atoms with Gasteiger partial charge in [0.25, 0.3) is 0 Å². The Bertz CT molecular complexity index is 409. The monoisotopic (exact) mass is 242 g/mol.